The molecule has 20 heavy (non-hydrogen) atoms. The van der Waals surface area contributed by atoms with Gasteiger partial charge in [-0.25, -0.2) is 0 Å². The van der Waals surface area contributed by atoms with Gasteiger partial charge >= 0.3 is 0 Å². The average molecular weight is 291 g/mol. The maximum absolute atomic E-state index is 9.81. The minimum Gasteiger partial charge on any atom is -0.394 e. The highest BCUT2D eigenvalue weighted by Gasteiger charge is 2.42. The molecule has 1 fully saturated rings. The van der Waals surface area contributed by atoms with E-state index in [-0.39, 0.29) is 6.61 Å². The molecule has 1 aliphatic rings. The van der Waals surface area contributed by atoms with E-state index in [0.717, 1.165) is 12.8 Å². The fourth-order valence-electron chi connectivity index (χ4n) is 2.42. The van der Waals surface area contributed by atoms with Gasteiger partial charge < -0.3 is 25.2 Å². The van der Waals surface area contributed by atoms with Crippen LogP contribution in [0.15, 0.2) is 0 Å². The number of aliphatic hydroxyl groups excluding tert-OH is 4. The lowest BCUT2D eigenvalue weighted by Crippen LogP contribution is -2.62. The zero-order valence-corrected chi connectivity index (χ0v) is 12.2. The summed E-state index contributed by atoms with van der Waals surface area (Å²) in [6.07, 6.45) is 1.65. The van der Waals surface area contributed by atoms with Crippen molar-refractivity contribution in [3.8, 4) is 0 Å². The topological polar surface area (TPSA) is 102 Å². The first kappa shape index (κ1) is 17.8. The first-order valence-electron chi connectivity index (χ1n) is 7.65. The van der Waals surface area contributed by atoms with Gasteiger partial charge in [0, 0.05) is 0 Å². The molecule has 6 nitrogen and oxygen atoms in total. The molecule has 1 aliphatic heterocycles. The molecule has 0 aromatic rings. The largest absolute Gasteiger partial charge is 0.394 e. The van der Waals surface area contributed by atoms with Crippen molar-refractivity contribution in [2.45, 2.75) is 76.1 Å². The second-order valence-electron chi connectivity index (χ2n) is 5.47. The predicted octanol–water partition coefficient (Wildman–Crippen LogP) is -0.264. The fourth-order valence-corrected chi connectivity index (χ4v) is 2.42. The van der Waals surface area contributed by atoms with Gasteiger partial charge in [-0.15, -0.1) is 0 Å². The predicted molar refractivity (Wildman–Crippen MR) is 75.1 cm³/mol. The van der Waals surface area contributed by atoms with Gasteiger partial charge in [-0.1, -0.05) is 39.0 Å². The van der Waals surface area contributed by atoms with Gasteiger partial charge in [0.05, 0.1) is 6.61 Å². The van der Waals surface area contributed by atoms with Gasteiger partial charge in [-0.3, -0.25) is 5.32 Å². The van der Waals surface area contributed by atoms with Crippen LogP contribution in [0.25, 0.3) is 0 Å². The lowest BCUT2D eigenvalue weighted by Gasteiger charge is -2.40. The fraction of sp³-hybridized carbons (Fsp3) is 1.00. The van der Waals surface area contributed by atoms with Crippen LogP contribution in [0.1, 0.15) is 45.4 Å². The first-order chi connectivity index (χ1) is 9.61. The van der Waals surface area contributed by atoms with E-state index in [2.05, 4.69) is 12.2 Å². The number of unbranched alkanes of at least 4 members (excludes halogenated alkanes) is 5. The molecule has 0 saturated carbocycles. The molecule has 120 valence electrons. The third kappa shape index (κ3) is 5.27. The van der Waals surface area contributed by atoms with Crippen molar-refractivity contribution in [2.75, 3.05) is 13.2 Å². The number of hydrogen-bond acceptors (Lipinski definition) is 6. The van der Waals surface area contributed by atoms with Gasteiger partial charge in [0.1, 0.15) is 30.6 Å². The molecule has 0 radical (unpaired) electrons. The molecule has 0 aromatic heterocycles. The minimum atomic E-state index is -1.30. The molecule has 0 aromatic carbocycles. The zero-order chi connectivity index (χ0) is 15.0. The van der Waals surface area contributed by atoms with E-state index in [9.17, 15) is 15.3 Å². The number of ether oxygens (including phenoxy) is 1. The monoisotopic (exact) mass is 291 g/mol. The smallest absolute Gasteiger partial charge is 0.137 e. The van der Waals surface area contributed by atoms with E-state index in [1.54, 1.807) is 0 Å². The summed E-state index contributed by atoms with van der Waals surface area (Å²) in [5.41, 5.74) is 0. The van der Waals surface area contributed by atoms with Crippen LogP contribution in [0, 0.1) is 0 Å². The molecule has 1 saturated heterocycles. The molecule has 5 atom stereocenters. The summed E-state index contributed by atoms with van der Waals surface area (Å²) in [6, 6.07) is 0. The minimum absolute atomic E-state index is 0.389. The third-order valence-corrected chi connectivity index (χ3v) is 3.77. The van der Waals surface area contributed by atoms with Crippen molar-refractivity contribution in [1.29, 1.82) is 0 Å². The van der Waals surface area contributed by atoms with Crippen LogP contribution in [0.4, 0.5) is 0 Å². The van der Waals surface area contributed by atoms with Gasteiger partial charge in [0.15, 0.2) is 0 Å². The molecule has 6 heteroatoms. The summed E-state index contributed by atoms with van der Waals surface area (Å²) >= 11 is 0. The van der Waals surface area contributed by atoms with Gasteiger partial charge in [-0.05, 0) is 13.0 Å². The Hall–Kier alpha value is -0.240. The lowest BCUT2D eigenvalue weighted by molar-refractivity contribution is -0.236. The molecule has 0 bridgehead atoms. The van der Waals surface area contributed by atoms with E-state index in [4.69, 9.17) is 9.84 Å². The summed E-state index contributed by atoms with van der Waals surface area (Å²) in [6.45, 7) is 2.47. The molecule has 1 heterocycles. The van der Waals surface area contributed by atoms with Crippen LogP contribution in [-0.4, -0.2) is 64.2 Å². The van der Waals surface area contributed by atoms with E-state index in [0.29, 0.717) is 6.54 Å². The van der Waals surface area contributed by atoms with E-state index < -0.39 is 30.6 Å². The number of aliphatic hydroxyl groups is 4. The second-order valence-corrected chi connectivity index (χ2v) is 5.47. The Labute approximate surface area is 120 Å². The highest BCUT2D eigenvalue weighted by molar-refractivity contribution is 4.90. The molecule has 0 unspecified atom stereocenters. The number of nitrogens with one attached hydrogen (secondary N) is 1. The van der Waals surface area contributed by atoms with Gasteiger partial charge in [0.2, 0.25) is 0 Å². The quantitative estimate of drug-likeness (QED) is 0.375. The number of hydrogen-bond donors (Lipinski definition) is 5. The van der Waals surface area contributed by atoms with Crippen LogP contribution >= 0.6 is 0 Å². The Balaban J connectivity index is 2.21. The summed E-state index contributed by atoms with van der Waals surface area (Å²) in [5, 5.41) is 41.2. The molecular weight excluding hydrogens is 262 g/mol. The average Bonchev–Trinajstić information content (AvgIpc) is 2.46. The Bertz CT molecular complexity index is 252. The van der Waals surface area contributed by atoms with Crippen molar-refractivity contribution < 1.29 is 25.2 Å². The van der Waals surface area contributed by atoms with E-state index >= 15 is 0 Å². The highest BCUT2D eigenvalue weighted by atomic mass is 16.6. The van der Waals surface area contributed by atoms with Crippen molar-refractivity contribution >= 4 is 0 Å². The zero-order valence-electron chi connectivity index (χ0n) is 12.2. The van der Waals surface area contributed by atoms with Gasteiger partial charge in [0.25, 0.3) is 0 Å². The first-order valence-corrected chi connectivity index (χ1v) is 7.65. The normalized spacial score (nSPS) is 34.4. The van der Waals surface area contributed by atoms with Crippen LogP contribution in [0.2, 0.25) is 0 Å². The summed E-state index contributed by atoms with van der Waals surface area (Å²) in [7, 11) is 0. The molecule has 1 rings (SSSR count). The highest BCUT2D eigenvalue weighted by Crippen LogP contribution is 2.19. The Morgan fingerprint density at radius 2 is 1.55 bits per heavy atom. The summed E-state index contributed by atoms with van der Waals surface area (Å²) in [5.74, 6) is 0. The SMILES string of the molecule is CCCCCCCCN[C@@H]1O[C@H](CO)[C@@H](O)[C@H](O)[C@H]1O. The van der Waals surface area contributed by atoms with Crippen LogP contribution in [-0.2, 0) is 4.74 Å². The lowest BCUT2D eigenvalue weighted by atomic mass is 9.98. The number of rotatable bonds is 9. The van der Waals surface area contributed by atoms with E-state index in [1.807, 2.05) is 0 Å². The standard InChI is InChI=1S/C14H29NO5/c1-2-3-4-5-6-7-8-15-14-13(19)12(18)11(17)10(9-16)20-14/h10-19H,2-9H2,1H3/t10-,11-,12+,13-,14-/m1/s1. The Morgan fingerprint density at radius 3 is 2.20 bits per heavy atom. The maximum Gasteiger partial charge on any atom is 0.137 e. The van der Waals surface area contributed by atoms with Crippen molar-refractivity contribution in [3.63, 3.8) is 0 Å². The molecule has 0 aliphatic carbocycles. The van der Waals surface area contributed by atoms with Crippen LogP contribution < -0.4 is 5.32 Å². The van der Waals surface area contributed by atoms with Crippen LogP contribution in [0.5, 0.6) is 0 Å². The molecule has 5 N–H and O–H groups in total. The Morgan fingerprint density at radius 1 is 0.900 bits per heavy atom. The van der Waals surface area contributed by atoms with Gasteiger partial charge in [-0.2, -0.15) is 0 Å². The van der Waals surface area contributed by atoms with Crippen molar-refractivity contribution in [3.05, 3.63) is 0 Å². The maximum atomic E-state index is 9.81. The Kier molecular flexibility index (Phi) is 8.60. The summed E-state index contributed by atoms with van der Waals surface area (Å²) < 4.78 is 5.35. The summed E-state index contributed by atoms with van der Waals surface area (Å²) in [4.78, 5) is 0. The molecular formula is C14H29NO5. The van der Waals surface area contributed by atoms with Crippen LogP contribution in [0.3, 0.4) is 0 Å². The van der Waals surface area contributed by atoms with E-state index in [1.165, 1.54) is 25.7 Å². The second kappa shape index (κ2) is 9.65. The van der Waals surface area contributed by atoms with Crippen molar-refractivity contribution in [1.82, 2.24) is 5.32 Å². The molecule has 0 spiro atoms. The third-order valence-electron chi connectivity index (χ3n) is 3.77. The molecule has 0 amide bonds. The van der Waals surface area contributed by atoms with Crippen molar-refractivity contribution in [2.24, 2.45) is 0 Å².